The van der Waals surface area contributed by atoms with Gasteiger partial charge in [0.05, 0.1) is 19.3 Å². The number of fused-ring (bicyclic) bond motifs is 2. The third-order valence-electron chi connectivity index (χ3n) is 3.91. The Kier molecular flexibility index (Phi) is 3.99. The quantitative estimate of drug-likeness (QED) is 0.395. The van der Waals surface area contributed by atoms with Crippen LogP contribution in [0.15, 0.2) is 0 Å². The summed E-state index contributed by atoms with van der Waals surface area (Å²) in [5.41, 5.74) is 0. The van der Waals surface area contributed by atoms with Gasteiger partial charge in [-0.3, -0.25) is 14.5 Å². The molecule has 0 aromatic rings. The summed E-state index contributed by atoms with van der Waals surface area (Å²) in [6, 6.07) is -0.0795. The zero-order valence-electron chi connectivity index (χ0n) is 10.9. The van der Waals surface area contributed by atoms with Crippen LogP contribution < -0.4 is 0 Å². The Morgan fingerprint density at radius 1 is 1.44 bits per heavy atom. The number of carbonyl (C=O) groups excluding carboxylic acids is 2. The summed E-state index contributed by atoms with van der Waals surface area (Å²) in [5.74, 6) is -1.25. The molecule has 0 spiro atoms. The number of likely N-dealkylation sites (N-methyl/N-ethyl adjacent to an activating group) is 1. The van der Waals surface area contributed by atoms with Crippen molar-refractivity contribution < 1.29 is 23.8 Å². The third-order valence-corrected chi connectivity index (χ3v) is 3.91. The minimum absolute atomic E-state index is 0.0431. The first-order valence-electron chi connectivity index (χ1n) is 6.03. The number of rotatable bonds is 4. The van der Waals surface area contributed by atoms with E-state index in [1.807, 2.05) is 7.05 Å². The molecule has 2 heterocycles. The number of carbonyl (C=O) groups is 2. The van der Waals surface area contributed by atoms with E-state index in [9.17, 15) is 9.59 Å². The van der Waals surface area contributed by atoms with Crippen molar-refractivity contribution in [3.63, 3.8) is 0 Å². The van der Waals surface area contributed by atoms with Crippen molar-refractivity contribution in [3.8, 4) is 0 Å². The van der Waals surface area contributed by atoms with Crippen LogP contribution in [0.4, 0.5) is 0 Å². The van der Waals surface area contributed by atoms with Gasteiger partial charge in [0.2, 0.25) is 0 Å². The maximum atomic E-state index is 12.0. The Labute approximate surface area is 106 Å². The lowest BCUT2D eigenvalue weighted by Crippen LogP contribution is -2.53. The first kappa shape index (κ1) is 13.5. The van der Waals surface area contributed by atoms with Gasteiger partial charge in [0.1, 0.15) is 18.5 Å². The van der Waals surface area contributed by atoms with Crippen LogP contribution in [0.1, 0.15) is 12.8 Å². The first-order chi connectivity index (χ1) is 8.60. The number of hydrogen-bond acceptors (Lipinski definition) is 6. The van der Waals surface area contributed by atoms with Crippen LogP contribution >= 0.6 is 0 Å². The minimum Gasteiger partial charge on any atom is -0.468 e. The fraction of sp³-hybridized carbons (Fsp3) is 0.833. The Morgan fingerprint density at radius 2 is 2.17 bits per heavy atom. The van der Waals surface area contributed by atoms with E-state index in [-0.39, 0.29) is 30.8 Å². The zero-order chi connectivity index (χ0) is 13.3. The number of nitrogens with zero attached hydrogens (tertiary/aromatic N) is 1. The molecule has 0 aliphatic carbocycles. The summed E-state index contributed by atoms with van der Waals surface area (Å²) in [6.45, 7) is 0.170. The van der Waals surface area contributed by atoms with Crippen molar-refractivity contribution >= 4 is 11.8 Å². The largest absolute Gasteiger partial charge is 0.468 e. The SMILES string of the molecule is COCOC1CC2CC(=O)[C@H](C(=O)OC)[C@@H]1N2C. The van der Waals surface area contributed by atoms with Gasteiger partial charge in [0.25, 0.3) is 0 Å². The number of Topliss-reactive ketones (excluding diaryl/α,β-unsaturated/α-hetero) is 1. The monoisotopic (exact) mass is 257 g/mol. The van der Waals surface area contributed by atoms with Gasteiger partial charge in [-0.25, -0.2) is 0 Å². The van der Waals surface area contributed by atoms with Crippen molar-refractivity contribution in [1.29, 1.82) is 0 Å². The van der Waals surface area contributed by atoms with Crippen LogP contribution in [0.5, 0.6) is 0 Å². The summed E-state index contributed by atoms with van der Waals surface area (Å²) in [4.78, 5) is 25.8. The molecule has 0 aromatic heterocycles. The van der Waals surface area contributed by atoms with Gasteiger partial charge in [-0.15, -0.1) is 0 Å². The number of ketones is 1. The van der Waals surface area contributed by atoms with Crippen molar-refractivity contribution in [3.05, 3.63) is 0 Å². The van der Waals surface area contributed by atoms with E-state index in [1.165, 1.54) is 7.11 Å². The number of ether oxygens (including phenoxy) is 3. The van der Waals surface area contributed by atoms with Gasteiger partial charge >= 0.3 is 5.97 Å². The van der Waals surface area contributed by atoms with Crippen molar-refractivity contribution in [2.24, 2.45) is 5.92 Å². The molecule has 0 aromatic carbocycles. The van der Waals surface area contributed by atoms with Gasteiger partial charge in [-0.1, -0.05) is 0 Å². The highest BCUT2D eigenvalue weighted by Crippen LogP contribution is 2.38. The van der Waals surface area contributed by atoms with Crippen molar-refractivity contribution in [1.82, 2.24) is 4.90 Å². The number of hydrogen-bond donors (Lipinski definition) is 0. The fourth-order valence-electron chi connectivity index (χ4n) is 3.03. The summed E-state index contributed by atoms with van der Waals surface area (Å²) in [7, 11) is 4.78. The molecule has 0 radical (unpaired) electrons. The van der Waals surface area contributed by atoms with E-state index in [2.05, 4.69) is 4.90 Å². The molecule has 2 aliphatic heterocycles. The lowest BCUT2D eigenvalue weighted by Gasteiger charge is -2.35. The maximum Gasteiger partial charge on any atom is 0.317 e. The Balaban J connectivity index is 2.19. The van der Waals surface area contributed by atoms with Gasteiger partial charge < -0.3 is 14.2 Å². The van der Waals surface area contributed by atoms with E-state index in [0.29, 0.717) is 6.42 Å². The third kappa shape index (κ3) is 2.15. The second-order valence-electron chi connectivity index (χ2n) is 4.83. The predicted molar refractivity (Wildman–Crippen MR) is 61.8 cm³/mol. The predicted octanol–water partition coefficient (Wildman–Crippen LogP) is -0.190. The van der Waals surface area contributed by atoms with Gasteiger partial charge in [0.15, 0.2) is 0 Å². The molecule has 4 atom stereocenters. The topological polar surface area (TPSA) is 65.1 Å². The Hall–Kier alpha value is -0.980. The Morgan fingerprint density at radius 3 is 2.78 bits per heavy atom. The van der Waals surface area contributed by atoms with Crippen molar-refractivity contribution in [2.75, 3.05) is 28.1 Å². The van der Waals surface area contributed by atoms with Crippen LogP contribution in [0.3, 0.4) is 0 Å². The zero-order valence-corrected chi connectivity index (χ0v) is 10.9. The van der Waals surface area contributed by atoms with Crippen molar-refractivity contribution in [2.45, 2.75) is 31.0 Å². The molecule has 6 nitrogen and oxygen atoms in total. The molecule has 2 bridgehead atoms. The Bertz CT molecular complexity index is 345. The average molecular weight is 257 g/mol. The lowest BCUT2D eigenvalue weighted by molar-refractivity contribution is -0.158. The molecule has 6 heteroatoms. The van der Waals surface area contributed by atoms with Crippen LogP contribution in [0.2, 0.25) is 0 Å². The van der Waals surface area contributed by atoms with E-state index in [0.717, 1.165) is 6.42 Å². The normalized spacial score (nSPS) is 35.8. The highest BCUT2D eigenvalue weighted by molar-refractivity contribution is 6.01. The number of esters is 1. The lowest BCUT2D eigenvalue weighted by atomic mass is 9.88. The highest BCUT2D eigenvalue weighted by Gasteiger charge is 2.54. The van der Waals surface area contributed by atoms with Crippen LogP contribution in [-0.2, 0) is 23.8 Å². The molecule has 0 amide bonds. The molecule has 0 N–H and O–H groups in total. The average Bonchev–Trinajstić information content (AvgIpc) is 2.56. The standard InChI is InChI=1S/C12H19NO5/c1-13-7-4-8(14)10(12(15)17-3)11(13)9(5-7)18-6-16-2/h7,9-11H,4-6H2,1-3H3/t7?,9?,10-,11+/m0/s1. The molecular formula is C12H19NO5. The van der Waals surface area contributed by atoms with Gasteiger partial charge in [-0.05, 0) is 13.5 Å². The molecule has 2 rings (SSSR count). The number of methoxy groups -OCH3 is 2. The molecule has 2 fully saturated rings. The molecule has 2 saturated heterocycles. The molecule has 0 saturated carbocycles. The second-order valence-corrected chi connectivity index (χ2v) is 4.83. The van der Waals surface area contributed by atoms with Gasteiger partial charge in [0, 0.05) is 19.6 Å². The molecule has 18 heavy (non-hydrogen) atoms. The summed E-state index contributed by atoms with van der Waals surface area (Å²) >= 11 is 0. The highest BCUT2D eigenvalue weighted by atomic mass is 16.7. The van der Waals surface area contributed by atoms with Crippen LogP contribution in [0.25, 0.3) is 0 Å². The smallest absolute Gasteiger partial charge is 0.317 e. The maximum absolute atomic E-state index is 12.0. The van der Waals surface area contributed by atoms with Crippen LogP contribution in [-0.4, -0.2) is 62.9 Å². The summed E-state index contributed by atoms with van der Waals surface area (Å²) < 4.78 is 15.2. The summed E-state index contributed by atoms with van der Waals surface area (Å²) in [5, 5.41) is 0. The molecule has 102 valence electrons. The second kappa shape index (κ2) is 5.34. The molecule has 2 aliphatic rings. The molecule has 2 unspecified atom stereocenters. The fourth-order valence-corrected chi connectivity index (χ4v) is 3.03. The minimum atomic E-state index is -0.736. The van der Waals surface area contributed by atoms with Gasteiger partial charge in [-0.2, -0.15) is 0 Å². The van der Waals surface area contributed by atoms with E-state index >= 15 is 0 Å². The summed E-state index contributed by atoms with van der Waals surface area (Å²) in [6.07, 6.45) is 0.985. The van der Waals surface area contributed by atoms with Crippen LogP contribution in [0, 0.1) is 5.92 Å². The first-order valence-corrected chi connectivity index (χ1v) is 6.03. The number of piperidine rings is 1. The van der Waals surface area contributed by atoms with E-state index in [1.54, 1.807) is 7.11 Å². The van der Waals surface area contributed by atoms with E-state index in [4.69, 9.17) is 14.2 Å². The van der Waals surface area contributed by atoms with E-state index < -0.39 is 11.9 Å². The molecular weight excluding hydrogens is 238 g/mol.